The lowest BCUT2D eigenvalue weighted by molar-refractivity contribution is -0.148. The fourth-order valence-corrected chi connectivity index (χ4v) is 6.15. The number of carbonyl (C=O) groups excluding carboxylic acids is 3. The maximum Gasteiger partial charge on any atom is 0.255 e. The molecule has 1 unspecified atom stereocenters. The molecule has 0 saturated heterocycles. The van der Waals surface area contributed by atoms with Crippen LogP contribution in [0.25, 0.3) is 0 Å². The van der Waals surface area contributed by atoms with E-state index < -0.39 is 58.0 Å². The van der Waals surface area contributed by atoms with Crippen LogP contribution in [0, 0.1) is 11.8 Å². The molecule has 1 amide bonds. The number of primary amides is 1. The lowest BCUT2D eigenvalue weighted by atomic mass is 9.58. The predicted octanol–water partition coefficient (Wildman–Crippen LogP) is 0.243. The molecule has 5 rings (SSSR count). The van der Waals surface area contributed by atoms with Gasteiger partial charge in [0.1, 0.15) is 17.1 Å². The van der Waals surface area contributed by atoms with Gasteiger partial charge in [-0.25, -0.2) is 0 Å². The number of nitrogens with two attached hydrogens (primary N) is 1. The number of allylic oxidation sites excluding steroid dienone is 1. The van der Waals surface area contributed by atoms with Crippen LogP contribution in [0.2, 0.25) is 0 Å². The molecule has 186 valence electrons. The Balaban J connectivity index is 1.75. The average Bonchev–Trinajstić information content (AvgIpc) is 3.23. The molecule has 11 heteroatoms. The molecular weight excluding hydrogens is 456 g/mol. The van der Waals surface area contributed by atoms with E-state index in [0.717, 1.165) is 11.3 Å². The standard InChI is InChI=1S/C24H28N4O7/c1-27(2)13-7-12-20(35-8-26-12)15-10(13)5-9-6-11-17(28(3)4)19(30)16(23(25)33)22(32)24(11,34)21(31)14(9)18(15)29/h7,9,11,17,26,30-31,34H,5-6,8H2,1-4H3,(H2,25,33)/t9-,11-,17?,24-/m0/s1. The summed E-state index contributed by atoms with van der Waals surface area (Å²) in [6.45, 7) is 0.182. The Morgan fingerprint density at radius 3 is 2.51 bits per heavy atom. The van der Waals surface area contributed by atoms with E-state index in [1.807, 2.05) is 25.1 Å². The van der Waals surface area contributed by atoms with Gasteiger partial charge in [0, 0.05) is 31.3 Å². The number of amides is 1. The highest BCUT2D eigenvalue weighted by Gasteiger charge is 2.63. The van der Waals surface area contributed by atoms with Gasteiger partial charge in [0.05, 0.1) is 17.3 Å². The first kappa shape index (κ1) is 23.2. The van der Waals surface area contributed by atoms with Crippen molar-refractivity contribution < 1.29 is 34.4 Å². The smallest absolute Gasteiger partial charge is 0.255 e. The number of rotatable bonds is 3. The second-order valence-electron chi connectivity index (χ2n) is 9.95. The number of likely N-dealkylation sites (N-methyl/N-ethyl adjacent to an activating group) is 1. The zero-order valence-corrected chi connectivity index (χ0v) is 19.9. The lowest BCUT2D eigenvalue weighted by Gasteiger charge is -2.50. The second-order valence-corrected chi connectivity index (χ2v) is 9.95. The van der Waals surface area contributed by atoms with E-state index in [1.54, 1.807) is 19.0 Å². The van der Waals surface area contributed by atoms with Crippen molar-refractivity contribution >= 4 is 28.8 Å². The molecular formula is C24H28N4O7. The van der Waals surface area contributed by atoms with Gasteiger partial charge in [0.25, 0.3) is 5.91 Å². The van der Waals surface area contributed by atoms with Crippen LogP contribution in [-0.4, -0.2) is 84.3 Å². The molecule has 11 nitrogen and oxygen atoms in total. The number of ketones is 2. The summed E-state index contributed by atoms with van der Waals surface area (Å²) in [5.41, 5.74) is 4.38. The number of Topliss-reactive ketones (excluding diaryl/α,β-unsaturated/α-hetero) is 2. The molecule has 0 fully saturated rings. The van der Waals surface area contributed by atoms with Crippen molar-refractivity contribution in [3.05, 3.63) is 39.9 Å². The monoisotopic (exact) mass is 484 g/mol. The van der Waals surface area contributed by atoms with Crippen LogP contribution in [0.15, 0.2) is 28.7 Å². The van der Waals surface area contributed by atoms with Gasteiger partial charge >= 0.3 is 0 Å². The highest BCUT2D eigenvalue weighted by molar-refractivity contribution is 6.25. The fourth-order valence-electron chi connectivity index (χ4n) is 6.15. The fraction of sp³-hybridized carbons (Fsp3) is 0.458. The maximum atomic E-state index is 13.9. The molecule has 0 saturated carbocycles. The number of nitrogens with one attached hydrogen (secondary N) is 1. The number of anilines is 2. The molecule has 6 N–H and O–H groups in total. The molecule has 1 heterocycles. The van der Waals surface area contributed by atoms with E-state index in [9.17, 15) is 29.7 Å². The van der Waals surface area contributed by atoms with Crippen molar-refractivity contribution in [3.63, 3.8) is 0 Å². The van der Waals surface area contributed by atoms with Gasteiger partial charge < -0.3 is 36.0 Å². The summed E-state index contributed by atoms with van der Waals surface area (Å²) >= 11 is 0. The zero-order valence-electron chi connectivity index (χ0n) is 19.9. The van der Waals surface area contributed by atoms with Crippen LogP contribution >= 0.6 is 0 Å². The van der Waals surface area contributed by atoms with Gasteiger partial charge in [-0.1, -0.05) is 0 Å². The normalized spacial score (nSPS) is 29.3. The van der Waals surface area contributed by atoms with Crippen molar-refractivity contribution in [2.24, 2.45) is 17.6 Å². The molecule has 3 aliphatic carbocycles. The van der Waals surface area contributed by atoms with E-state index in [2.05, 4.69) is 5.32 Å². The molecule has 1 aliphatic heterocycles. The van der Waals surface area contributed by atoms with E-state index in [4.69, 9.17) is 10.5 Å². The Kier molecular flexibility index (Phi) is 4.94. The van der Waals surface area contributed by atoms with Crippen molar-refractivity contribution in [1.29, 1.82) is 0 Å². The van der Waals surface area contributed by atoms with Crippen LogP contribution in [0.1, 0.15) is 22.3 Å². The predicted molar refractivity (Wildman–Crippen MR) is 125 cm³/mol. The maximum absolute atomic E-state index is 13.9. The van der Waals surface area contributed by atoms with Gasteiger partial charge in [-0.2, -0.15) is 0 Å². The number of hydrogen-bond acceptors (Lipinski definition) is 10. The number of benzene rings is 1. The van der Waals surface area contributed by atoms with Gasteiger partial charge in [0.2, 0.25) is 5.78 Å². The molecule has 1 aromatic carbocycles. The first-order valence-corrected chi connectivity index (χ1v) is 11.3. The third kappa shape index (κ3) is 2.88. The third-order valence-electron chi connectivity index (χ3n) is 7.64. The average molecular weight is 485 g/mol. The van der Waals surface area contributed by atoms with Crippen LogP contribution in [0.4, 0.5) is 11.4 Å². The minimum atomic E-state index is -2.59. The highest BCUT2D eigenvalue weighted by atomic mass is 16.5. The Morgan fingerprint density at radius 1 is 1.23 bits per heavy atom. The summed E-state index contributed by atoms with van der Waals surface area (Å²) in [5, 5.41) is 37.0. The molecule has 35 heavy (non-hydrogen) atoms. The van der Waals surface area contributed by atoms with Crippen molar-refractivity contribution in [1.82, 2.24) is 4.90 Å². The topological polar surface area (TPSA) is 166 Å². The zero-order chi connectivity index (χ0) is 25.6. The SMILES string of the molecule is CN(C)c1cc2c(c3c1C[C@H]1C[C@H]4C(N(C)C)C(O)=C(C(N)=O)C(=O)[C@@]4(O)C(O)=C1C3=O)OCN2. The molecule has 4 atom stereocenters. The molecule has 1 aromatic rings. The van der Waals surface area contributed by atoms with Crippen LogP contribution < -0.4 is 20.7 Å². The summed E-state index contributed by atoms with van der Waals surface area (Å²) in [5.74, 6) is -5.52. The van der Waals surface area contributed by atoms with Crippen LogP contribution in [0.3, 0.4) is 0 Å². The Morgan fingerprint density at radius 2 is 1.91 bits per heavy atom. The quantitative estimate of drug-likeness (QED) is 0.375. The molecule has 0 spiro atoms. The Bertz CT molecular complexity index is 1260. The van der Waals surface area contributed by atoms with Gasteiger partial charge in [-0.15, -0.1) is 0 Å². The van der Waals surface area contributed by atoms with Gasteiger partial charge in [0.15, 0.2) is 23.9 Å². The van der Waals surface area contributed by atoms with E-state index in [0.29, 0.717) is 17.9 Å². The van der Waals surface area contributed by atoms with Crippen LogP contribution in [0.5, 0.6) is 5.75 Å². The van der Waals surface area contributed by atoms with E-state index in [-0.39, 0.29) is 24.3 Å². The number of aliphatic hydroxyl groups is 3. The number of carbonyl (C=O) groups is 3. The number of fused-ring (bicyclic) bond motifs is 5. The van der Waals surface area contributed by atoms with Crippen molar-refractivity contribution in [2.75, 3.05) is 45.1 Å². The Labute approximate surface area is 201 Å². The van der Waals surface area contributed by atoms with E-state index >= 15 is 0 Å². The summed E-state index contributed by atoms with van der Waals surface area (Å²) in [6.07, 6.45) is 0.452. The summed E-state index contributed by atoms with van der Waals surface area (Å²) in [6, 6.07) is 0.920. The minimum Gasteiger partial charge on any atom is -0.510 e. The number of aliphatic hydroxyl groups excluding tert-OH is 2. The second kappa shape index (κ2) is 7.46. The third-order valence-corrected chi connectivity index (χ3v) is 7.64. The largest absolute Gasteiger partial charge is 0.510 e. The van der Waals surface area contributed by atoms with Crippen molar-refractivity contribution in [2.45, 2.75) is 24.5 Å². The summed E-state index contributed by atoms with van der Waals surface area (Å²) < 4.78 is 5.69. The van der Waals surface area contributed by atoms with Crippen molar-refractivity contribution in [3.8, 4) is 5.75 Å². The highest BCUT2D eigenvalue weighted by Crippen LogP contribution is 2.54. The molecule has 0 bridgehead atoms. The molecule has 0 radical (unpaired) electrons. The molecule has 0 aromatic heterocycles. The number of hydrogen-bond donors (Lipinski definition) is 5. The first-order valence-electron chi connectivity index (χ1n) is 11.3. The summed E-state index contributed by atoms with van der Waals surface area (Å²) in [4.78, 5) is 42.7. The van der Waals surface area contributed by atoms with Crippen LogP contribution in [-0.2, 0) is 16.0 Å². The minimum absolute atomic E-state index is 0.0825. The summed E-state index contributed by atoms with van der Waals surface area (Å²) in [7, 11) is 6.96. The van der Waals surface area contributed by atoms with E-state index in [1.165, 1.54) is 0 Å². The van der Waals surface area contributed by atoms with Gasteiger partial charge in [-0.3, -0.25) is 19.3 Å². The van der Waals surface area contributed by atoms with Gasteiger partial charge in [-0.05, 0) is 44.5 Å². The lowest BCUT2D eigenvalue weighted by Crippen LogP contribution is -2.63. The number of nitrogens with zero attached hydrogens (tertiary/aromatic N) is 2. The number of ether oxygens (including phenoxy) is 1. The molecule has 4 aliphatic rings. The Hall–Kier alpha value is -3.57. The first-order chi connectivity index (χ1) is 16.4.